The highest BCUT2D eigenvalue weighted by Gasteiger charge is 2.18. The van der Waals surface area contributed by atoms with Gasteiger partial charge in [-0.15, -0.1) is 0 Å². The van der Waals surface area contributed by atoms with Gasteiger partial charge in [0.05, 0.1) is 0 Å². The second kappa shape index (κ2) is 4.19. The molecule has 0 fully saturated rings. The lowest BCUT2D eigenvalue weighted by Gasteiger charge is -2.19. The van der Waals surface area contributed by atoms with Crippen LogP contribution in [-0.2, 0) is 11.3 Å². The van der Waals surface area contributed by atoms with Crippen molar-refractivity contribution in [2.45, 2.75) is 26.4 Å². The van der Waals surface area contributed by atoms with Crippen LogP contribution in [0.5, 0.6) is 0 Å². The highest BCUT2D eigenvalue weighted by atomic mass is 16.6. The quantitative estimate of drug-likeness (QED) is 0.750. The monoisotopic (exact) mass is 199 g/mol. The molecule has 6 heteroatoms. The first-order valence-corrected chi connectivity index (χ1v) is 4.23. The first kappa shape index (κ1) is 10.6. The molecule has 1 aromatic rings. The Morgan fingerprint density at radius 2 is 2.29 bits per heavy atom. The fraction of sp³-hybridized carbons (Fsp3) is 0.625. The molecule has 0 aliphatic carbocycles. The van der Waals surface area contributed by atoms with Gasteiger partial charge in [0.1, 0.15) is 17.4 Å². The van der Waals surface area contributed by atoms with Crippen molar-refractivity contribution in [3.05, 3.63) is 11.4 Å². The van der Waals surface area contributed by atoms with Crippen LogP contribution in [0.25, 0.3) is 0 Å². The first-order valence-electron chi connectivity index (χ1n) is 4.23. The van der Waals surface area contributed by atoms with Gasteiger partial charge in [0.2, 0.25) is 0 Å². The third-order valence-corrected chi connectivity index (χ3v) is 2.16. The van der Waals surface area contributed by atoms with E-state index in [4.69, 9.17) is 5.11 Å². The molecule has 1 N–H and O–H groups in total. The fourth-order valence-electron chi connectivity index (χ4n) is 0.955. The van der Waals surface area contributed by atoms with Crippen LogP contribution in [-0.4, -0.2) is 39.4 Å². The molecule has 0 radical (unpaired) electrons. The van der Waals surface area contributed by atoms with Crippen LogP contribution < -0.4 is 0 Å². The van der Waals surface area contributed by atoms with Crippen LogP contribution in [0, 0.1) is 6.92 Å². The lowest BCUT2D eigenvalue weighted by molar-refractivity contribution is -0.142. The summed E-state index contributed by atoms with van der Waals surface area (Å²) in [6.07, 6.45) is 0. The molecule has 0 amide bonds. The Morgan fingerprint density at radius 1 is 1.64 bits per heavy atom. The summed E-state index contributed by atoms with van der Waals surface area (Å²) in [4.78, 5) is 12.3. The van der Waals surface area contributed by atoms with Gasteiger partial charge in [-0.1, -0.05) is 10.3 Å². The third kappa shape index (κ3) is 2.29. The topological polar surface area (TPSA) is 79.5 Å². The van der Waals surface area contributed by atoms with Crippen molar-refractivity contribution in [2.24, 2.45) is 0 Å². The number of rotatable bonds is 4. The smallest absolute Gasteiger partial charge is 0.320 e. The van der Waals surface area contributed by atoms with Crippen LogP contribution in [0.1, 0.15) is 18.3 Å². The zero-order chi connectivity index (χ0) is 10.7. The van der Waals surface area contributed by atoms with Gasteiger partial charge in [0.25, 0.3) is 0 Å². The standard InChI is InChI=1S/C8H13N3O3/c1-5-7(10-14-9-5)4-11(3)6(2)8(12)13/h6H,4H2,1-3H3,(H,12,13). The number of hydrogen-bond acceptors (Lipinski definition) is 5. The maximum Gasteiger partial charge on any atom is 0.320 e. The van der Waals surface area contributed by atoms with Gasteiger partial charge in [-0.2, -0.15) is 0 Å². The van der Waals surface area contributed by atoms with Crippen molar-refractivity contribution in [3.63, 3.8) is 0 Å². The van der Waals surface area contributed by atoms with Crippen molar-refractivity contribution >= 4 is 5.97 Å². The molecule has 0 aliphatic rings. The number of likely N-dealkylation sites (N-methyl/N-ethyl adjacent to an activating group) is 1. The molecule has 1 atom stereocenters. The van der Waals surface area contributed by atoms with E-state index in [1.54, 1.807) is 25.8 Å². The van der Waals surface area contributed by atoms with Crippen molar-refractivity contribution in [1.82, 2.24) is 15.2 Å². The molecule has 0 spiro atoms. The molecule has 0 aliphatic heterocycles. The molecular formula is C8H13N3O3. The van der Waals surface area contributed by atoms with Gasteiger partial charge in [-0.05, 0) is 20.9 Å². The van der Waals surface area contributed by atoms with Crippen molar-refractivity contribution < 1.29 is 14.5 Å². The molecular weight excluding hydrogens is 186 g/mol. The largest absolute Gasteiger partial charge is 0.480 e. The van der Waals surface area contributed by atoms with Crippen molar-refractivity contribution in [3.8, 4) is 0 Å². The van der Waals surface area contributed by atoms with Crippen LogP contribution in [0.3, 0.4) is 0 Å². The Balaban J connectivity index is 2.61. The minimum atomic E-state index is -0.860. The van der Waals surface area contributed by atoms with E-state index in [1.807, 2.05) is 0 Å². The van der Waals surface area contributed by atoms with Crippen molar-refractivity contribution in [2.75, 3.05) is 7.05 Å². The summed E-state index contributed by atoms with van der Waals surface area (Å²) in [6.45, 7) is 3.80. The van der Waals surface area contributed by atoms with E-state index in [-0.39, 0.29) is 0 Å². The zero-order valence-electron chi connectivity index (χ0n) is 8.39. The van der Waals surface area contributed by atoms with Gasteiger partial charge < -0.3 is 5.11 Å². The second-order valence-corrected chi connectivity index (χ2v) is 3.23. The van der Waals surface area contributed by atoms with Gasteiger partial charge in [-0.25, -0.2) is 4.63 Å². The number of carboxylic acids is 1. The average molecular weight is 199 g/mol. The van der Waals surface area contributed by atoms with Crippen LogP contribution in [0.4, 0.5) is 0 Å². The first-order chi connectivity index (χ1) is 6.52. The molecule has 1 heterocycles. The zero-order valence-corrected chi connectivity index (χ0v) is 8.39. The maximum atomic E-state index is 10.7. The molecule has 0 saturated carbocycles. The molecule has 0 bridgehead atoms. The number of nitrogens with zero attached hydrogens (tertiary/aromatic N) is 3. The predicted molar refractivity (Wildman–Crippen MR) is 47.6 cm³/mol. The summed E-state index contributed by atoms with van der Waals surface area (Å²) in [5.41, 5.74) is 1.36. The number of carbonyl (C=O) groups is 1. The Kier molecular flexibility index (Phi) is 3.19. The number of aromatic nitrogens is 2. The number of carboxylic acid groups (broad SMARTS) is 1. The summed E-state index contributed by atoms with van der Waals surface area (Å²) in [7, 11) is 1.72. The summed E-state index contributed by atoms with van der Waals surface area (Å²) in [5, 5.41) is 16.0. The molecule has 0 aromatic carbocycles. The minimum Gasteiger partial charge on any atom is -0.480 e. The molecule has 0 saturated heterocycles. The molecule has 1 rings (SSSR count). The Labute approximate surface area is 81.5 Å². The summed E-state index contributed by atoms with van der Waals surface area (Å²) >= 11 is 0. The Hall–Kier alpha value is -1.43. The normalized spacial score (nSPS) is 13.1. The SMILES string of the molecule is Cc1nonc1CN(C)C(C)C(=O)O. The van der Waals surface area contributed by atoms with Crippen LogP contribution in [0.15, 0.2) is 4.63 Å². The van der Waals surface area contributed by atoms with E-state index >= 15 is 0 Å². The Morgan fingerprint density at radius 3 is 2.71 bits per heavy atom. The molecule has 6 nitrogen and oxygen atoms in total. The van der Waals surface area contributed by atoms with Crippen LogP contribution in [0.2, 0.25) is 0 Å². The van der Waals surface area contributed by atoms with E-state index in [1.165, 1.54) is 0 Å². The van der Waals surface area contributed by atoms with Crippen LogP contribution >= 0.6 is 0 Å². The summed E-state index contributed by atoms with van der Waals surface area (Å²) < 4.78 is 4.51. The van der Waals surface area contributed by atoms with Crippen molar-refractivity contribution in [1.29, 1.82) is 0 Å². The minimum absolute atomic E-state index is 0.419. The molecule has 14 heavy (non-hydrogen) atoms. The summed E-state index contributed by atoms with van der Waals surface area (Å²) in [5.74, 6) is -0.860. The average Bonchev–Trinajstić information content (AvgIpc) is 2.50. The third-order valence-electron chi connectivity index (χ3n) is 2.16. The van der Waals surface area contributed by atoms with E-state index in [2.05, 4.69) is 14.9 Å². The number of hydrogen-bond donors (Lipinski definition) is 1. The maximum absolute atomic E-state index is 10.7. The highest BCUT2D eigenvalue weighted by molar-refractivity contribution is 5.72. The highest BCUT2D eigenvalue weighted by Crippen LogP contribution is 2.06. The van der Waals surface area contributed by atoms with E-state index in [0.29, 0.717) is 17.9 Å². The lowest BCUT2D eigenvalue weighted by atomic mass is 10.2. The van der Waals surface area contributed by atoms with E-state index in [9.17, 15) is 4.79 Å². The lowest BCUT2D eigenvalue weighted by Crippen LogP contribution is -2.35. The van der Waals surface area contributed by atoms with Gasteiger partial charge in [0.15, 0.2) is 0 Å². The fourth-order valence-corrected chi connectivity index (χ4v) is 0.955. The number of aryl methyl sites for hydroxylation is 1. The molecule has 1 unspecified atom stereocenters. The van der Waals surface area contributed by atoms with Gasteiger partial charge >= 0.3 is 5.97 Å². The second-order valence-electron chi connectivity index (χ2n) is 3.23. The van der Waals surface area contributed by atoms with Gasteiger partial charge in [-0.3, -0.25) is 9.69 Å². The number of aliphatic carboxylic acids is 1. The van der Waals surface area contributed by atoms with Gasteiger partial charge in [0, 0.05) is 6.54 Å². The predicted octanol–water partition coefficient (Wildman–Crippen LogP) is 0.283. The molecule has 78 valence electrons. The Bertz CT molecular complexity index is 323. The van der Waals surface area contributed by atoms with E-state index in [0.717, 1.165) is 0 Å². The summed E-state index contributed by atoms with van der Waals surface area (Å²) in [6, 6.07) is -0.550. The van der Waals surface area contributed by atoms with E-state index < -0.39 is 12.0 Å². The molecule has 1 aromatic heterocycles.